The standard InChI is InChI=1S/C15H13BrClN5O3/c1-20-12-11(13(24)21(2)15(20)25)19-14(16)22(12)7-10(23)18-9-5-3-4-8(17)6-9/h3-6H,7H2,1-2H3,(H,18,23). The number of aryl methyl sites for hydroxylation is 1. The zero-order chi connectivity index (χ0) is 18.3. The van der Waals surface area contributed by atoms with Gasteiger partial charge in [-0.15, -0.1) is 0 Å². The molecule has 0 radical (unpaired) electrons. The molecule has 130 valence electrons. The first-order valence-corrected chi connectivity index (χ1v) is 8.34. The Bertz CT molecular complexity index is 1110. The number of anilines is 1. The predicted molar refractivity (Wildman–Crippen MR) is 98.0 cm³/mol. The van der Waals surface area contributed by atoms with Crippen LogP contribution in [0, 0.1) is 0 Å². The van der Waals surface area contributed by atoms with Crippen molar-refractivity contribution in [2.45, 2.75) is 6.54 Å². The lowest BCUT2D eigenvalue weighted by Crippen LogP contribution is -2.37. The highest BCUT2D eigenvalue weighted by Crippen LogP contribution is 2.18. The van der Waals surface area contributed by atoms with E-state index >= 15 is 0 Å². The molecule has 0 unspecified atom stereocenters. The van der Waals surface area contributed by atoms with Gasteiger partial charge in [0, 0.05) is 24.8 Å². The molecule has 1 aromatic carbocycles. The zero-order valence-electron chi connectivity index (χ0n) is 13.3. The molecule has 0 saturated carbocycles. The molecule has 10 heteroatoms. The van der Waals surface area contributed by atoms with Crippen LogP contribution in [0.25, 0.3) is 11.2 Å². The highest BCUT2D eigenvalue weighted by atomic mass is 79.9. The lowest BCUT2D eigenvalue weighted by atomic mass is 10.3. The van der Waals surface area contributed by atoms with E-state index in [1.807, 2.05) is 0 Å². The summed E-state index contributed by atoms with van der Waals surface area (Å²) in [5.74, 6) is -0.351. The molecule has 1 amide bonds. The minimum Gasteiger partial charge on any atom is -0.324 e. The van der Waals surface area contributed by atoms with Gasteiger partial charge in [0.15, 0.2) is 15.9 Å². The summed E-state index contributed by atoms with van der Waals surface area (Å²) in [6, 6.07) is 6.74. The maximum Gasteiger partial charge on any atom is 0.332 e. The third-order valence-corrected chi connectivity index (χ3v) is 4.54. The van der Waals surface area contributed by atoms with Crippen molar-refractivity contribution in [3.63, 3.8) is 0 Å². The molecule has 0 aliphatic heterocycles. The fraction of sp³-hybridized carbons (Fsp3) is 0.200. The Kier molecular flexibility index (Phi) is 4.53. The number of fused-ring (bicyclic) bond motifs is 1. The fourth-order valence-corrected chi connectivity index (χ4v) is 3.17. The smallest absolute Gasteiger partial charge is 0.324 e. The van der Waals surface area contributed by atoms with Crippen molar-refractivity contribution < 1.29 is 4.79 Å². The van der Waals surface area contributed by atoms with Crippen molar-refractivity contribution in [1.82, 2.24) is 18.7 Å². The van der Waals surface area contributed by atoms with Gasteiger partial charge in [0.05, 0.1) is 0 Å². The van der Waals surface area contributed by atoms with Crippen LogP contribution >= 0.6 is 27.5 Å². The number of imidazole rings is 1. The van der Waals surface area contributed by atoms with E-state index in [9.17, 15) is 14.4 Å². The second-order valence-corrected chi connectivity index (χ2v) is 6.55. The summed E-state index contributed by atoms with van der Waals surface area (Å²) in [5.41, 5.74) is -0.106. The number of nitrogens with zero attached hydrogens (tertiary/aromatic N) is 4. The minimum absolute atomic E-state index is 0.104. The van der Waals surface area contributed by atoms with Crippen molar-refractivity contribution >= 4 is 50.3 Å². The Morgan fingerprint density at radius 1 is 1.28 bits per heavy atom. The number of nitrogens with one attached hydrogen (secondary N) is 1. The predicted octanol–water partition coefficient (Wildman–Crippen LogP) is 1.49. The minimum atomic E-state index is -0.521. The molecule has 0 atom stereocenters. The molecule has 0 spiro atoms. The third kappa shape index (κ3) is 3.12. The summed E-state index contributed by atoms with van der Waals surface area (Å²) in [6.45, 7) is -0.135. The van der Waals surface area contributed by atoms with Gasteiger partial charge in [0.1, 0.15) is 6.54 Å². The van der Waals surface area contributed by atoms with Crippen LogP contribution < -0.4 is 16.6 Å². The van der Waals surface area contributed by atoms with Crippen LogP contribution in [0.4, 0.5) is 5.69 Å². The Hall–Kier alpha value is -2.39. The molecule has 0 fully saturated rings. The molecular weight excluding hydrogens is 414 g/mol. The van der Waals surface area contributed by atoms with E-state index in [0.29, 0.717) is 10.7 Å². The Morgan fingerprint density at radius 3 is 2.68 bits per heavy atom. The molecule has 0 bridgehead atoms. The van der Waals surface area contributed by atoms with Crippen molar-refractivity contribution in [3.8, 4) is 0 Å². The van der Waals surface area contributed by atoms with E-state index in [-0.39, 0.29) is 28.3 Å². The molecule has 0 aliphatic rings. The highest BCUT2D eigenvalue weighted by molar-refractivity contribution is 9.10. The first kappa shape index (κ1) is 17.4. The highest BCUT2D eigenvalue weighted by Gasteiger charge is 2.19. The molecule has 0 saturated heterocycles. The number of benzene rings is 1. The van der Waals surface area contributed by atoms with E-state index in [4.69, 9.17) is 11.6 Å². The van der Waals surface area contributed by atoms with Crippen LogP contribution in [0.3, 0.4) is 0 Å². The number of carbonyl (C=O) groups excluding carboxylic acids is 1. The van der Waals surface area contributed by atoms with E-state index in [1.165, 1.54) is 23.2 Å². The van der Waals surface area contributed by atoms with Crippen LogP contribution in [-0.4, -0.2) is 24.6 Å². The maximum atomic E-state index is 12.3. The van der Waals surface area contributed by atoms with Gasteiger partial charge in [0.2, 0.25) is 5.91 Å². The third-order valence-electron chi connectivity index (χ3n) is 3.70. The monoisotopic (exact) mass is 425 g/mol. The van der Waals surface area contributed by atoms with Crippen molar-refractivity contribution in [2.24, 2.45) is 14.1 Å². The van der Waals surface area contributed by atoms with Crippen molar-refractivity contribution in [1.29, 1.82) is 0 Å². The summed E-state index contributed by atoms with van der Waals surface area (Å²) < 4.78 is 3.99. The molecule has 3 aromatic rings. The van der Waals surface area contributed by atoms with Crippen LogP contribution in [0.15, 0.2) is 38.6 Å². The Balaban J connectivity index is 2.02. The topological polar surface area (TPSA) is 90.9 Å². The largest absolute Gasteiger partial charge is 0.332 e. The molecule has 2 aromatic heterocycles. The van der Waals surface area contributed by atoms with Gasteiger partial charge in [-0.3, -0.25) is 23.3 Å². The van der Waals surface area contributed by atoms with E-state index in [2.05, 4.69) is 26.2 Å². The normalized spacial score (nSPS) is 11.0. The Labute approximate surface area is 154 Å². The first-order chi connectivity index (χ1) is 11.8. The van der Waals surface area contributed by atoms with Crippen LogP contribution in [0.5, 0.6) is 0 Å². The lowest BCUT2D eigenvalue weighted by Gasteiger charge is -2.10. The van der Waals surface area contributed by atoms with Crippen molar-refractivity contribution in [3.05, 3.63) is 54.9 Å². The molecule has 0 aliphatic carbocycles. The van der Waals surface area contributed by atoms with Gasteiger partial charge in [-0.25, -0.2) is 9.78 Å². The first-order valence-electron chi connectivity index (χ1n) is 7.16. The number of carbonyl (C=O) groups is 1. The average molecular weight is 427 g/mol. The second-order valence-electron chi connectivity index (χ2n) is 5.40. The van der Waals surface area contributed by atoms with E-state index < -0.39 is 11.2 Å². The maximum absolute atomic E-state index is 12.3. The number of halogens is 2. The van der Waals surface area contributed by atoms with E-state index in [0.717, 1.165) is 4.57 Å². The van der Waals surface area contributed by atoms with Gasteiger partial charge in [0.25, 0.3) is 5.56 Å². The summed E-state index contributed by atoms with van der Waals surface area (Å²) >= 11 is 9.14. The number of hydrogen-bond acceptors (Lipinski definition) is 4. The number of aromatic nitrogens is 4. The van der Waals surface area contributed by atoms with Gasteiger partial charge in [-0.2, -0.15) is 0 Å². The van der Waals surface area contributed by atoms with Gasteiger partial charge < -0.3 is 5.32 Å². The van der Waals surface area contributed by atoms with Crippen LogP contribution in [0.2, 0.25) is 5.02 Å². The molecule has 3 rings (SSSR count). The molecule has 8 nitrogen and oxygen atoms in total. The molecule has 1 N–H and O–H groups in total. The summed E-state index contributed by atoms with van der Waals surface area (Å²) in [5, 5.41) is 3.21. The summed E-state index contributed by atoms with van der Waals surface area (Å²) in [6.07, 6.45) is 0. The summed E-state index contributed by atoms with van der Waals surface area (Å²) in [7, 11) is 2.90. The van der Waals surface area contributed by atoms with Gasteiger partial charge in [-0.05, 0) is 34.1 Å². The number of rotatable bonds is 3. The SMILES string of the molecule is Cn1c(=O)c2nc(Br)n(CC(=O)Nc3cccc(Cl)c3)c2n(C)c1=O. The zero-order valence-corrected chi connectivity index (χ0v) is 15.6. The average Bonchev–Trinajstić information content (AvgIpc) is 2.88. The van der Waals surface area contributed by atoms with Gasteiger partial charge in [-0.1, -0.05) is 17.7 Å². The van der Waals surface area contributed by atoms with E-state index in [1.54, 1.807) is 24.3 Å². The quantitative estimate of drug-likeness (QED) is 0.643. The van der Waals surface area contributed by atoms with Crippen LogP contribution in [0.1, 0.15) is 0 Å². The summed E-state index contributed by atoms with van der Waals surface area (Å²) in [4.78, 5) is 40.8. The van der Waals surface area contributed by atoms with Crippen LogP contribution in [-0.2, 0) is 25.4 Å². The number of hydrogen-bond donors (Lipinski definition) is 1. The lowest BCUT2D eigenvalue weighted by molar-refractivity contribution is -0.116. The van der Waals surface area contributed by atoms with Gasteiger partial charge >= 0.3 is 5.69 Å². The molecule has 2 heterocycles. The fourth-order valence-electron chi connectivity index (χ4n) is 2.51. The number of amides is 1. The van der Waals surface area contributed by atoms with Crippen molar-refractivity contribution in [2.75, 3.05) is 5.32 Å². The Morgan fingerprint density at radius 2 is 2.00 bits per heavy atom. The molecular formula is C15H13BrClN5O3. The second kappa shape index (κ2) is 6.49. The molecule has 25 heavy (non-hydrogen) atoms.